The van der Waals surface area contributed by atoms with E-state index < -0.39 is 5.41 Å². The van der Waals surface area contributed by atoms with Gasteiger partial charge in [-0.05, 0) is 93.0 Å². The number of ether oxygens (including phenoxy) is 1. The smallest absolute Gasteiger partial charge is 0.132 e. The summed E-state index contributed by atoms with van der Waals surface area (Å²) in [7, 11) is 0. The lowest BCUT2D eigenvalue weighted by molar-refractivity contribution is 0.436. The number of para-hydroxylation sites is 3. The number of fused-ring (bicyclic) bond motifs is 9. The molecular weight excluding hydrogens is 619 g/mol. The summed E-state index contributed by atoms with van der Waals surface area (Å²) in [5, 5.41) is 0. The van der Waals surface area contributed by atoms with E-state index in [9.17, 15) is 0 Å². The van der Waals surface area contributed by atoms with Gasteiger partial charge in [-0.3, -0.25) is 0 Å². The van der Waals surface area contributed by atoms with E-state index in [1.165, 1.54) is 44.5 Å². The van der Waals surface area contributed by atoms with Crippen molar-refractivity contribution < 1.29 is 4.74 Å². The van der Waals surface area contributed by atoms with E-state index in [0.29, 0.717) is 0 Å². The van der Waals surface area contributed by atoms with Crippen LogP contribution in [-0.2, 0) is 5.41 Å². The summed E-state index contributed by atoms with van der Waals surface area (Å²) in [6.45, 7) is 0. The van der Waals surface area contributed by atoms with Gasteiger partial charge >= 0.3 is 0 Å². The van der Waals surface area contributed by atoms with Crippen LogP contribution < -0.4 is 9.64 Å². The number of nitrogens with zero attached hydrogens (tertiary/aromatic N) is 1. The standard InChI is InChI=1S/C49H33NO/c1-3-16-34(17-4-1)39-22-7-8-23-40(39)35-18-15-21-37(32-35)50(36-19-5-2-6-20-36)38-30-31-42-41-24-9-10-25-43(41)49(46(42)33-38)44-26-11-13-28-47(44)51-48-29-14-12-27-45(48)49/h1-33H. The van der Waals surface area contributed by atoms with Crippen LogP contribution in [0.1, 0.15) is 22.3 Å². The molecule has 0 radical (unpaired) electrons. The number of hydrogen-bond acceptors (Lipinski definition) is 2. The van der Waals surface area contributed by atoms with Gasteiger partial charge in [0.15, 0.2) is 0 Å². The molecule has 0 aromatic heterocycles. The van der Waals surface area contributed by atoms with E-state index in [2.05, 4.69) is 205 Å². The molecule has 1 aliphatic carbocycles. The summed E-state index contributed by atoms with van der Waals surface area (Å²) in [5.41, 5.74) is 14.9. The van der Waals surface area contributed by atoms with Crippen LogP contribution in [0.3, 0.4) is 0 Å². The van der Waals surface area contributed by atoms with E-state index in [-0.39, 0.29) is 0 Å². The molecule has 1 aliphatic heterocycles. The third-order valence-corrected chi connectivity index (χ3v) is 10.5. The van der Waals surface area contributed by atoms with Crippen molar-refractivity contribution in [1.29, 1.82) is 0 Å². The molecule has 8 aromatic carbocycles. The Bertz CT molecular complexity index is 2530. The molecule has 2 heteroatoms. The molecule has 0 saturated heterocycles. The van der Waals surface area contributed by atoms with Crippen LogP contribution in [0, 0.1) is 0 Å². The van der Waals surface area contributed by atoms with Gasteiger partial charge in [0.1, 0.15) is 11.5 Å². The molecular formula is C49H33NO. The molecule has 0 amide bonds. The lowest BCUT2D eigenvalue weighted by Gasteiger charge is -2.39. The predicted molar refractivity (Wildman–Crippen MR) is 209 cm³/mol. The zero-order valence-electron chi connectivity index (χ0n) is 27.9. The highest BCUT2D eigenvalue weighted by Gasteiger charge is 2.51. The Labute approximate surface area is 298 Å². The highest BCUT2D eigenvalue weighted by atomic mass is 16.5. The molecule has 240 valence electrons. The fourth-order valence-corrected chi connectivity index (χ4v) is 8.42. The highest BCUT2D eigenvalue weighted by Crippen LogP contribution is 2.62. The van der Waals surface area contributed by atoms with Gasteiger partial charge in [-0.2, -0.15) is 0 Å². The Morgan fingerprint density at radius 3 is 1.51 bits per heavy atom. The van der Waals surface area contributed by atoms with Crippen molar-refractivity contribution >= 4 is 17.1 Å². The molecule has 2 nitrogen and oxygen atoms in total. The van der Waals surface area contributed by atoms with E-state index in [1.54, 1.807) is 0 Å². The Hall–Kier alpha value is -6.64. The lowest BCUT2D eigenvalue weighted by atomic mass is 9.66. The van der Waals surface area contributed by atoms with Gasteiger partial charge in [-0.25, -0.2) is 0 Å². The first kappa shape index (κ1) is 29.3. The van der Waals surface area contributed by atoms with Crippen molar-refractivity contribution in [2.24, 2.45) is 0 Å². The Morgan fingerprint density at radius 2 is 0.804 bits per heavy atom. The predicted octanol–water partition coefficient (Wildman–Crippen LogP) is 13.0. The normalized spacial score (nSPS) is 13.0. The molecule has 0 N–H and O–H groups in total. The third-order valence-electron chi connectivity index (χ3n) is 10.5. The van der Waals surface area contributed by atoms with Crippen molar-refractivity contribution in [2.75, 3.05) is 4.90 Å². The van der Waals surface area contributed by atoms with Crippen molar-refractivity contribution in [3.63, 3.8) is 0 Å². The van der Waals surface area contributed by atoms with Crippen LogP contribution in [0.15, 0.2) is 200 Å². The molecule has 1 heterocycles. The quantitative estimate of drug-likeness (QED) is 0.184. The number of rotatable bonds is 5. The topological polar surface area (TPSA) is 12.5 Å². The lowest BCUT2D eigenvalue weighted by Crippen LogP contribution is -2.32. The molecule has 0 unspecified atom stereocenters. The average molecular weight is 652 g/mol. The van der Waals surface area contributed by atoms with Crippen LogP contribution in [0.2, 0.25) is 0 Å². The summed E-state index contributed by atoms with van der Waals surface area (Å²) < 4.78 is 6.60. The summed E-state index contributed by atoms with van der Waals surface area (Å²) in [5.74, 6) is 1.79. The minimum absolute atomic E-state index is 0.536. The Morgan fingerprint density at radius 1 is 0.314 bits per heavy atom. The van der Waals surface area contributed by atoms with Crippen molar-refractivity contribution in [3.05, 3.63) is 222 Å². The highest BCUT2D eigenvalue weighted by molar-refractivity contribution is 5.92. The van der Waals surface area contributed by atoms with Gasteiger partial charge in [0.05, 0.1) is 5.41 Å². The minimum Gasteiger partial charge on any atom is -0.457 e. The van der Waals surface area contributed by atoms with Crippen LogP contribution in [0.25, 0.3) is 33.4 Å². The summed E-state index contributed by atoms with van der Waals surface area (Å²) in [4.78, 5) is 2.39. The Kier molecular flexibility index (Phi) is 6.75. The van der Waals surface area contributed by atoms with Crippen LogP contribution in [0.5, 0.6) is 11.5 Å². The van der Waals surface area contributed by atoms with Crippen LogP contribution in [-0.4, -0.2) is 0 Å². The molecule has 2 aliphatic rings. The second kappa shape index (κ2) is 11.8. The minimum atomic E-state index is -0.536. The zero-order valence-corrected chi connectivity index (χ0v) is 27.9. The van der Waals surface area contributed by atoms with Crippen molar-refractivity contribution in [3.8, 4) is 44.9 Å². The van der Waals surface area contributed by atoms with Gasteiger partial charge in [0.25, 0.3) is 0 Å². The van der Waals surface area contributed by atoms with Gasteiger partial charge in [-0.1, -0.05) is 152 Å². The SMILES string of the molecule is c1ccc(-c2ccccc2-c2cccc(N(c3ccccc3)c3ccc4c(c3)C3(c5ccccc5Oc5ccccc53)c3ccccc3-4)c2)cc1. The van der Waals surface area contributed by atoms with Crippen LogP contribution in [0.4, 0.5) is 17.1 Å². The molecule has 8 aromatic rings. The number of anilines is 3. The van der Waals surface area contributed by atoms with E-state index in [0.717, 1.165) is 39.7 Å². The Balaban J connectivity index is 1.20. The van der Waals surface area contributed by atoms with Crippen molar-refractivity contribution in [2.45, 2.75) is 5.41 Å². The molecule has 0 atom stereocenters. The van der Waals surface area contributed by atoms with Crippen LogP contribution >= 0.6 is 0 Å². The monoisotopic (exact) mass is 651 g/mol. The first-order valence-electron chi connectivity index (χ1n) is 17.5. The number of hydrogen-bond donors (Lipinski definition) is 0. The van der Waals surface area contributed by atoms with Gasteiger partial charge in [0, 0.05) is 28.2 Å². The third kappa shape index (κ3) is 4.50. The molecule has 0 fully saturated rings. The van der Waals surface area contributed by atoms with Gasteiger partial charge in [-0.15, -0.1) is 0 Å². The van der Waals surface area contributed by atoms with E-state index in [1.807, 2.05) is 0 Å². The molecule has 1 spiro atoms. The van der Waals surface area contributed by atoms with Crippen molar-refractivity contribution in [1.82, 2.24) is 0 Å². The zero-order chi connectivity index (χ0) is 33.8. The van der Waals surface area contributed by atoms with E-state index >= 15 is 0 Å². The maximum absolute atomic E-state index is 6.60. The maximum atomic E-state index is 6.60. The second-order valence-electron chi connectivity index (χ2n) is 13.3. The second-order valence-corrected chi connectivity index (χ2v) is 13.3. The first-order valence-corrected chi connectivity index (χ1v) is 17.5. The fraction of sp³-hybridized carbons (Fsp3) is 0.0204. The first-order chi connectivity index (χ1) is 25.3. The average Bonchev–Trinajstić information content (AvgIpc) is 3.49. The van der Waals surface area contributed by atoms with Gasteiger partial charge < -0.3 is 9.64 Å². The molecule has 10 rings (SSSR count). The largest absolute Gasteiger partial charge is 0.457 e. The maximum Gasteiger partial charge on any atom is 0.132 e. The summed E-state index contributed by atoms with van der Waals surface area (Å²) >= 11 is 0. The molecule has 0 saturated carbocycles. The molecule has 51 heavy (non-hydrogen) atoms. The summed E-state index contributed by atoms with van der Waals surface area (Å²) in [6, 6.07) is 72.0. The summed E-state index contributed by atoms with van der Waals surface area (Å²) in [6.07, 6.45) is 0. The number of benzene rings is 8. The fourth-order valence-electron chi connectivity index (χ4n) is 8.42. The van der Waals surface area contributed by atoms with E-state index in [4.69, 9.17) is 4.74 Å². The molecule has 0 bridgehead atoms. The van der Waals surface area contributed by atoms with Gasteiger partial charge in [0.2, 0.25) is 0 Å².